The van der Waals surface area contributed by atoms with E-state index in [9.17, 15) is 10.2 Å². The van der Waals surface area contributed by atoms with Crippen LogP contribution in [0.2, 0.25) is 0 Å². The second-order valence-corrected chi connectivity index (χ2v) is 4.98. The third kappa shape index (κ3) is 3.06. The molecule has 0 aliphatic heterocycles. The fraction of sp³-hybridized carbons (Fsp3) is 0.118. The number of rotatable bonds is 5. The molecule has 0 atom stereocenters. The molecule has 0 saturated heterocycles. The lowest BCUT2D eigenvalue weighted by Gasteiger charge is -2.09. The van der Waals surface area contributed by atoms with E-state index in [4.69, 9.17) is 4.74 Å². The Bertz CT molecular complexity index is 783. The van der Waals surface area contributed by atoms with Crippen LogP contribution in [-0.4, -0.2) is 26.9 Å². The summed E-state index contributed by atoms with van der Waals surface area (Å²) in [6.45, 7) is 0.516. The summed E-state index contributed by atoms with van der Waals surface area (Å²) in [6.07, 6.45) is 3.41. The Hall–Kier alpha value is -3.15. The van der Waals surface area contributed by atoms with Crippen LogP contribution in [0.15, 0.2) is 54.9 Å². The molecule has 2 heterocycles. The first kappa shape index (κ1) is 14.8. The molecule has 0 aliphatic carbocycles. The summed E-state index contributed by atoms with van der Waals surface area (Å²) in [5.41, 5.74) is 2.11. The van der Waals surface area contributed by atoms with Gasteiger partial charge in [-0.15, -0.1) is 0 Å². The number of aromatic hydroxyl groups is 2. The molecule has 3 aromatic rings. The largest absolute Gasteiger partial charge is 0.497 e. The quantitative estimate of drug-likeness (QED) is 0.675. The zero-order chi connectivity index (χ0) is 16.2. The number of benzene rings is 1. The first-order chi connectivity index (χ1) is 11.2. The molecule has 3 rings (SSSR count). The van der Waals surface area contributed by atoms with Crippen LogP contribution in [0.4, 0.5) is 5.69 Å². The molecule has 0 fully saturated rings. The highest BCUT2D eigenvalue weighted by Gasteiger charge is 2.15. The van der Waals surface area contributed by atoms with Gasteiger partial charge in [-0.25, -0.2) is 4.57 Å². The number of pyridine rings is 1. The first-order valence-corrected chi connectivity index (χ1v) is 7.10. The molecule has 0 unspecified atom stereocenters. The summed E-state index contributed by atoms with van der Waals surface area (Å²) in [6, 6.07) is 12.3. The molecule has 1 aromatic carbocycles. The Labute approximate surface area is 133 Å². The van der Waals surface area contributed by atoms with Gasteiger partial charge in [0.2, 0.25) is 11.8 Å². The van der Waals surface area contributed by atoms with Gasteiger partial charge in [-0.05, 0) is 42.0 Å². The van der Waals surface area contributed by atoms with Gasteiger partial charge >= 0.3 is 0 Å². The van der Waals surface area contributed by atoms with Crippen LogP contribution in [0, 0.1) is 0 Å². The Balaban J connectivity index is 1.84. The maximum absolute atomic E-state index is 10.4. The predicted octanol–water partition coefficient (Wildman–Crippen LogP) is 2.90. The van der Waals surface area contributed by atoms with Gasteiger partial charge in [-0.2, -0.15) is 0 Å². The number of anilines is 1. The summed E-state index contributed by atoms with van der Waals surface area (Å²) >= 11 is 0. The number of nitrogens with zero attached hydrogens (tertiary/aromatic N) is 2. The zero-order valence-electron chi connectivity index (χ0n) is 12.6. The van der Waals surface area contributed by atoms with E-state index in [1.165, 1.54) is 10.6 Å². The lowest BCUT2D eigenvalue weighted by Crippen LogP contribution is -1.99. The van der Waals surface area contributed by atoms with Crippen LogP contribution >= 0.6 is 0 Å². The third-order valence-electron chi connectivity index (χ3n) is 3.52. The number of hydrogen-bond donors (Lipinski definition) is 3. The molecule has 0 saturated carbocycles. The summed E-state index contributed by atoms with van der Waals surface area (Å²) < 4.78 is 6.46. The van der Waals surface area contributed by atoms with Crippen molar-refractivity contribution in [3.8, 4) is 23.2 Å². The number of ether oxygens (including phenoxy) is 1. The van der Waals surface area contributed by atoms with Crippen LogP contribution in [0.1, 0.15) is 5.56 Å². The minimum atomic E-state index is -0.0540. The molecule has 0 amide bonds. The van der Waals surface area contributed by atoms with Crippen molar-refractivity contribution in [2.24, 2.45) is 0 Å². The lowest BCUT2D eigenvalue weighted by atomic mass is 10.2. The standard InChI is InChI=1S/C17H17N3O3/c1-23-14-4-2-13(3-5-14)20-16(21)10-15(17(20)22)19-11-12-6-8-18-9-7-12/h2-10,19,21-22H,11H2,1H3. The second kappa shape index (κ2) is 6.31. The van der Waals surface area contributed by atoms with Crippen molar-refractivity contribution in [3.63, 3.8) is 0 Å². The minimum Gasteiger partial charge on any atom is -0.497 e. The van der Waals surface area contributed by atoms with Crippen molar-refractivity contribution in [3.05, 3.63) is 60.4 Å². The molecule has 118 valence electrons. The Morgan fingerprint density at radius 3 is 2.43 bits per heavy atom. The van der Waals surface area contributed by atoms with Gasteiger partial charge in [0.1, 0.15) is 11.4 Å². The van der Waals surface area contributed by atoms with Gasteiger partial charge < -0.3 is 20.3 Å². The van der Waals surface area contributed by atoms with E-state index in [0.29, 0.717) is 23.7 Å². The van der Waals surface area contributed by atoms with Gasteiger partial charge in [-0.3, -0.25) is 4.98 Å². The fourth-order valence-electron chi connectivity index (χ4n) is 2.30. The molecule has 3 N–H and O–H groups in total. The maximum atomic E-state index is 10.4. The average molecular weight is 311 g/mol. The van der Waals surface area contributed by atoms with Gasteiger partial charge in [0.05, 0.1) is 12.8 Å². The Morgan fingerprint density at radius 1 is 1.09 bits per heavy atom. The SMILES string of the molecule is COc1ccc(-n2c(O)cc(NCc3ccncc3)c2O)cc1. The van der Waals surface area contributed by atoms with Crippen LogP contribution in [0.5, 0.6) is 17.5 Å². The van der Waals surface area contributed by atoms with E-state index in [2.05, 4.69) is 10.3 Å². The number of nitrogens with one attached hydrogen (secondary N) is 1. The fourth-order valence-corrected chi connectivity index (χ4v) is 2.30. The van der Waals surface area contributed by atoms with Crippen molar-refractivity contribution >= 4 is 5.69 Å². The van der Waals surface area contributed by atoms with Crippen LogP contribution < -0.4 is 10.1 Å². The molecule has 0 spiro atoms. The Kier molecular flexibility index (Phi) is 4.05. The molecule has 23 heavy (non-hydrogen) atoms. The molecular formula is C17H17N3O3. The maximum Gasteiger partial charge on any atom is 0.222 e. The van der Waals surface area contributed by atoms with E-state index >= 15 is 0 Å². The van der Waals surface area contributed by atoms with E-state index in [1.54, 1.807) is 43.8 Å². The normalized spacial score (nSPS) is 10.5. The molecule has 6 nitrogen and oxygen atoms in total. The third-order valence-corrected chi connectivity index (χ3v) is 3.52. The average Bonchev–Trinajstić information content (AvgIpc) is 2.88. The smallest absolute Gasteiger partial charge is 0.222 e. The second-order valence-electron chi connectivity index (χ2n) is 4.98. The van der Waals surface area contributed by atoms with E-state index < -0.39 is 0 Å². The lowest BCUT2D eigenvalue weighted by molar-refractivity contribution is 0.402. The molecule has 6 heteroatoms. The van der Waals surface area contributed by atoms with Crippen LogP contribution in [0.25, 0.3) is 5.69 Å². The van der Waals surface area contributed by atoms with Gasteiger partial charge in [0.15, 0.2) is 0 Å². The summed E-state index contributed by atoms with van der Waals surface area (Å²) in [4.78, 5) is 3.96. The zero-order valence-corrected chi connectivity index (χ0v) is 12.6. The van der Waals surface area contributed by atoms with E-state index in [0.717, 1.165) is 5.56 Å². The van der Waals surface area contributed by atoms with Crippen LogP contribution in [-0.2, 0) is 6.54 Å². The topological polar surface area (TPSA) is 79.5 Å². The predicted molar refractivity (Wildman–Crippen MR) is 87.2 cm³/mol. The molecule has 2 aromatic heterocycles. The van der Waals surface area contributed by atoms with Crippen molar-refractivity contribution in [2.75, 3.05) is 12.4 Å². The summed E-state index contributed by atoms with van der Waals surface area (Å²) in [5, 5.41) is 23.6. The highest BCUT2D eigenvalue weighted by atomic mass is 16.5. The highest BCUT2D eigenvalue weighted by molar-refractivity contribution is 5.61. The summed E-state index contributed by atoms with van der Waals surface area (Å²) in [7, 11) is 1.58. The van der Waals surface area contributed by atoms with Crippen molar-refractivity contribution in [1.29, 1.82) is 0 Å². The molecule has 0 aliphatic rings. The van der Waals surface area contributed by atoms with Gasteiger partial charge in [0.25, 0.3) is 0 Å². The monoisotopic (exact) mass is 311 g/mol. The molecular weight excluding hydrogens is 294 g/mol. The number of aromatic nitrogens is 2. The minimum absolute atomic E-state index is 0.0510. The van der Waals surface area contributed by atoms with Crippen molar-refractivity contribution < 1.29 is 14.9 Å². The van der Waals surface area contributed by atoms with Gasteiger partial charge in [0, 0.05) is 25.0 Å². The molecule has 0 radical (unpaired) electrons. The van der Waals surface area contributed by atoms with Gasteiger partial charge in [-0.1, -0.05) is 0 Å². The number of hydrogen-bond acceptors (Lipinski definition) is 5. The Morgan fingerprint density at radius 2 is 1.78 bits per heavy atom. The number of methoxy groups -OCH3 is 1. The van der Waals surface area contributed by atoms with Crippen LogP contribution in [0.3, 0.4) is 0 Å². The highest BCUT2D eigenvalue weighted by Crippen LogP contribution is 2.36. The summed E-state index contributed by atoms with van der Waals surface area (Å²) in [5.74, 6) is 0.600. The van der Waals surface area contributed by atoms with E-state index in [-0.39, 0.29) is 11.8 Å². The first-order valence-electron chi connectivity index (χ1n) is 7.10. The molecule has 0 bridgehead atoms. The van der Waals surface area contributed by atoms with Crippen molar-refractivity contribution in [1.82, 2.24) is 9.55 Å². The van der Waals surface area contributed by atoms with E-state index in [1.807, 2.05) is 12.1 Å². The van der Waals surface area contributed by atoms with Crippen molar-refractivity contribution in [2.45, 2.75) is 6.54 Å².